The van der Waals surface area contributed by atoms with Crippen LogP contribution in [0.2, 0.25) is 0 Å². The van der Waals surface area contributed by atoms with Crippen molar-refractivity contribution in [1.82, 2.24) is 4.98 Å². The van der Waals surface area contributed by atoms with Crippen LogP contribution in [0.5, 0.6) is 0 Å². The molecule has 1 rings (SSSR count). The molecule has 0 N–H and O–H groups in total. The van der Waals surface area contributed by atoms with E-state index in [0.29, 0.717) is 11.4 Å². The summed E-state index contributed by atoms with van der Waals surface area (Å²) in [5, 5.41) is 8.86. The van der Waals surface area contributed by atoms with E-state index < -0.39 is 10.8 Å². The quantitative estimate of drug-likeness (QED) is 0.783. The van der Waals surface area contributed by atoms with Crippen molar-refractivity contribution in [1.29, 1.82) is 5.26 Å². The van der Waals surface area contributed by atoms with E-state index in [1.165, 1.54) is 0 Å². The summed E-state index contributed by atoms with van der Waals surface area (Å²) in [4.78, 5) is 3.87. The second-order valence-electron chi connectivity index (χ2n) is 3.41. The summed E-state index contributed by atoms with van der Waals surface area (Å²) in [5.74, 6) is 0.506. The summed E-state index contributed by atoms with van der Waals surface area (Å²) in [6.07, 6.45) is 2.49. The van der Waals surface area contributed by atoms with Gasteiger partial charge in [-0.1, -0.05) is 13.8 Å². The maximum absolute atomic E-state index is 11.8. The number of hydrogen-bond donors (Lipinski definition) is 0. The molecule has 0 aliphatic carbocycles. The molecule has 2 atom stereocenters. The minimum atomic E-state index is -0.863. The summed E-state index contributed by atoms with van der Waals surface area (Å²) in [7, 11) is -0.863. The van der Waals surface area contributed by atoms with Gasteiger partial charge in [-0.3, -0.25) is 4.21 Å². The van der Waals surface area contributed by atoms with E-state index in [9.17, 15) is 4.21 Å². The number of pyridine rings is 1. The molecule has 3 nitrogen and oxygen atoms in total. The van der Waals surface area contributed by atoms with Gasteiger partial charge in [-0.05, 0) is 24.1 Å². The van der Waals surface area contributed by atoms with Gasteiger partial charge in [0.05, 0.1) is 0 Å². The molecular weight excluding hydrogens is 208 g/mol. The van der Waals surface area contributed by atoms with E-state index in [4.69, 9.17) is 5.26 Å². The molecule has 4 heteroatoms. The zero-order valence-electron chi connectivity index (χ0n) is 8.93. The summed E-state index contributed by atoms with van der Waals surface area (Å²) in [5.41, 5.74) is 1.30. The Hall–Kier alpha value is -1.21. The first-order valence-electron chi connectivity index (χ1n) is 4.89. The molecule has 1 aromatic rings. The van der Waals surface area contributed by atoms with E-state index in [1.807, 2.05) is 19.9 Å². The van der Waals surface area contributed by atoms with Gasteiger partial charge in [0.1, 0.15) is 11.8 Å². The van der Waals surface area contributed by atoms with Crippen molar-refractivity contribution < 1.29 is 4.21 Å². The molecule has 0 saturated heterocycles. The molecule has 2 unspecified atom stereocenters. The first-order valence-corrected chi connectivity index (χ1v) is 6.27. The zero-order valence-corrected chi connectivity index (χ0v) is 9.75. The second kappa shape index (κ2) is 5.62. The molecule has 0 amide bonds. The first kappa shape index (κ1) is 11.9. The molecule has 0 aliphatic heterocycles. The van der Waals surface area contributed by atoms with Crippen LogP contribution in [0, 0.1) is 11.3 Å². The van der Waals surface area contributed by atoms with Gasteiger partial charge in [-0.25, -0.2) is 4.98 Å². The minimum Gasteiger partial charge on any atom is -0.259 e. The van der Waals surface area contributed by atoms with Crippen molar-refractivity contribution in [2.45, 2.75) is 31.3 Å². The molecule has 0 bridgehead atoms. The molecule has 15 heavy (non-hydrogen) atoms. The molecule has 0 aliphatic rings. The Bertz CT molecular complexity index is 398. The zero-order chi connectivity index (χ0) is 11.3. The van der Waals surface area contributed by atoms with E-state index in [-0.39, 0.29) is 5.25 Å². The number of hydrogen-bond acceptors (Lipinski definition) is 3. The smallest absolute Gasteiger partial charge is 0.140 e. The van der Waals surface area contributed by atoms with Crippen molar-refractivity contribution in [3.8, 4) is 6.07 Å². The molecule has 1 aromatic heterocycles. The second-order valence-corrected chi connectivity index (χ2v) is 5.26. The first-order chi connectivity index (χ1) is 7.17. The maximum Gasteiger partial charge on any atom is 0.140 e. The number of nitrogens with zero attached hydrogens (tertiary/aromatic N) is 2. The van der Waals surface area contributed by atoms with Crippen LogP contribution in [0.1, 0.15) is 31.5 Å². The lowest BCUT2D eigenvalue weighted by Gasteiger charge is -2.08. The molecule has 0 fully saturated rings. The normalized spacial score (nSPS) is 14.2. The fraction of sp³-hybridized carbons (Fsp3) is 0.455. The average molecular weight is 222 g/mol. The molecule has 0 radical (unpaired) electrons. The maximum atomic E-state index is 11.8. The monoisotopic (exact) mass is 222 g/mol. The predicted octanol–water partition coefficient (Wildman–Crippen LogP) is 2.00. The third-order valence-electron chi connectivity index (χ3n) is 2.27. The van der Waals surface area contributed by atoms with Crippen molar-refractivity contribution in [2.75, 3.05) is 0 Å². The molecular formula is C11H14N2OS. The van der Waals surface area contributed by atoms with Gasteiger partial charge in [0.25, 0.3) is 0 Å². The molecule has 0 spiro atoms. The highest BCUT2D eigenvalue weighted by Crippen LogP contribution is 2.09. The summed E-state index contributed by atoms with van der Waals surface area (Å²) in [6, 6.07) is 5.48. The fourth-order valence-corrected chi connectivity index (χ4v) is 2.28. The van der Waals surface area contributed by atoms with Crippen molar-refractivity contribution >= 4 is 10.8 Å². The Labute approximate surface area is 92.6 Å². The highest BCUT2D eigenvalue weighted by atomic mass is 32.2. The lowest BCUT2D eigenvalue weighted by molar-refractivity contribution is 0.669. The minimum absolute atomic E-state index is 0.198. The highest BCUT2D eigenvalue weighted by molar-refractivity contribution is 7.84. The molecule has 1 heterocycles. The standard InChI is InChI=1S/C11H14N2OS/c1-3-9(2)15(14)8-10-4-5-13-11(6-10)7-12/h4-6,9H,3,8H2,1-2H3. The van der Waals surface area contributed by atoms with Crippen LogP contribution in [0.25, 0.3) is 0 Å². The average Bonchev–Trinajstić information content (AvgIpc) is 2.28. The van der Waals surface area contributed by atoms with Crippen LogP contribution in [0.15, 0.2) is 18.3 Å². The number of aromatic nitrogens is 1. The van der Waals surface area contributed by atoms with E-state index in [2.05, 4.69) is 4.98 Å². The van der Waals surface area contributed by atoms with Gasteiger partial charge in [-0.15, -0.1) is 0 Å². The van der Waals surface area contributed by atoms with Crippen LogP contribution in [0.4, 0.5) is 0 Å². The summed E-state index contributed by atoms with van der Waals surface area (Å²) >= 11 is 0. The molecule has 0 saturated carbocycles. The Balaban J connectivity index is 2.73. The summed E-state index contributed by atoms with van der Waals surface area (Å²) < 4.78 is 11.8. The van der Waals surface area contributed by atoms with Crippen LogP contribution in [-0.4, -0.2) is 14.4 Å². The Kier molecular flexibility index (Phi) is 4.44. The Morgan fingerprint density at radius 1 is 1.67 bits per heavy atom. The number of nitriles is 1. The van der Waals surface area contributed by atoms with Crippen LogP contribution < -0.4 is 0 Å². The Morgan fingerprint density at radius 3 is 3.00 bits per heavy atom. The van der Waals surface area contributed by atoms with Crippen LogP contribution in [-0.2, 0) is 16.6 Å². The van der Waals surface area contributed by atoms with Gasteiger partial charge in [0, 0.05) is 28.0 Å². The third kappa shape index (κ3) is 3.45. The van der Waals surface area contributed by atoms with Gasteiger partial charge in [0.15, 0.2) is 0 Å². The van der Waals surface area contributed by atoms with Crippen molar-refractivity contribution in [3.05, 3.63) is 29.6 Å². The lowest BCUT2D eigenvalue weighted by atomic mass is 10.2. The van der Waals surface area contributed by atoms with Crippen molar-refractivity contribution in [2.24, 2.45) is 0 Å². The fourth-order valence-electron chi connectivity index (χ4n) is 1.12. The van der Waals surface area contributed by atoms with Crippen LogP contribution >= 0.6 is 0 Å². The summed E-state index contributed by atoms with van der Waals surface area (Å²) in [6.45, 7) is 4.00. The highest BCUT2D eigenvalue weighted by Gasteiger charge is 2.09. The van der Waals surface area contributed by atoms with Gasteiger partial charge < -0.3 is 0 Å². The van der Waals surface area contributed by atoms with Gasteiger partial charge >= 0.3 is 0 Å². The van der Waals surface area contributed by atoms with Gasteiger partial charge in [-0.2, -0.15) is 5.26 Å². The largest absolute Gasteiger partial charge is 0.259 e. The van der Waals surface area contributed by atoms with Crippen molar-refractivity contribution in [3.63, 3.8) is 0 Å². The lowest BCUT2D eigenvalue weighted by Crippen LogP contribution is -2.11. The molecule has 80 valence electrons. The Morgan fingerprint density at radius 2 is 2.40 bits per heavy atom. The SMILES string of the molecule is CCC(C)S(=O)Cc1ccnc(C#N)c1. The predicted molar refractivity (Wildman–Crippen MR) is 60.6 cm³/mol. The van der Waals surface area contributed by atoms with E-state index in [1.54, 1.807) is 18.3 Å². The molecule has 0 aromatic carbocycles. The third-order valence-corrected chi connectivity index (χ3v) is 4.12. The van der Waals surface area contributed by atoms with Gasteiger partial charge in [0.2, 0.25) is 0 Å². The van der Waals surface area contributed by atoms with E-state index in [0.717, 1.165) is 12.0 Å². The topological polar surface area (TPSA) is 53.8 Å². The van der Waals surface area contributed by atoms with E-state index >= 15 is 0 Å². The number of rotatable bonds is 4. The van der Waals surface area contributed by atoms with Crippen LogP contribution in [0.3, 0.4) is 0 Å².